The number of hydrogen-bond acceptors (Lipinski definition) is 4. The molecule has 0 amide bonds. The fourth-order valence-electron chi connectivity index (χ4n) is 2.23. The van der Waals surface area contributed by atoms with Gasteiger partial charge in [0.2, 0.25) is 0 Å². The molecule has 0 aliphatic heterocycles. The summed E-state index contributed by atoms with van der Waals surface area (Å²) in [5.41, 5.74) is 9.98. The summed E-state index contributed by atoms with van der Waals surface area (Å²) in [6, 6.07) is 9.87. The number of aromatic nitrogens is 4. The van der Waals surface area contributed by atoms with Crippen LogP contribution in [-0.2, 0) is 7.05 Å². The monoisotopic (exact) mass is 265 g/mol. The van der Waals surface area contributed by atoms with E-state index in [-0.39, 0.29) is 0 Å². The molecule has 3 aromatic rings. The largest absolute Gasteiger partial charge is 0.383 e. The average Bonchev–Trinajstić information content (AvgIpc) is 2.77. The lowest BCUT2D eigenvalue weighted by atomic mass is 10.00. The summed E-state index contributed by atoms with van der Waals surface area (Å²) < 4.78 is 1.66. The maximum Gasteiger partial charge on any atom is 0.180 e. The highest BCUT2D eigenvalue weighted by Crippen LogP contribution is 2.35. The lowest BCUT2D eigenvalue weighted by Crippen LogP contribution is -1.98. The summed E-state index contributed by atoms with van der Waals surface area (Å²) >= 11 is 0. The smallest absolute Gasteiger partial charge is 0.180 e. The van der Waals surface area contributed by atoms with Gasteiger partial charge in [0.1, 0.15) is 11.5 Å². The van der Waals surface area contributed by atoms with E-state index in [0.717, 1.165) is 16.7 Å². The fourth-order valence-corrected chi connectivity index (χ4v) is 2.23. The van der Waals surface area contributed by atoms with Crippen LogP contribution in [0.1, 0.15) is 5.56 Å². The third-order valence-corrected chi connectivity index (χ3v) is 3.28. The summed E-state index contributed by atoms with van der Waals surface area (Å²) in [5.74, 6) is 1.19. The Balaban J connectivity index is 2.29. The maximum absolute atomic E-state index is 6.19. The second-order valence-electron chi connectivity index (χ2n) is 4.62. The van der Waals surface area contributed by atoms with E-state index >= 15 is 0 Å². The molecule has 100 valence electrons. The first-order valence-electron chi connectivity index (χ1n) is 6.34. The number of aryl methyl sites for hydroxylation is 2. The Morgan fingerprint density at radius 1 is 1.05 bits per heavy atom. The molecule has 2 N–H and O–H groups in total. The van der Waals surface area contributed by atoms with Gasteiger partial charge in [0, 0.05) is 19.4 Å². The molecule has 3 rings (SSSR count). The van der Waals surface area contributed by atoms with Gasteiger partial charge in [-0.3, -0.25) is 4.68 Å². The number of nitrogen functional groups attached to an aromatic ring is 1. The molecule has 0 saturated carbocycles. The number of rotatable bonds is 2. The maximum atomic E-state index is 6.19. The van der Waals surface area contributed by atoms with Crippen molar-refractivity contribution >= 4 is 5.82 Å². The Bertz CT molecular complexity index is 746. The zero-order valence-corrected chi connectivity index (χ0v) is 11.4. The van der Waals surface area contributed by atoms with Crippen molar-refractivity contribution in [3.05, 3.63) is 48.3 Å². The zero-order valence-electron chi connectivity index (χ0n) is 11.4. The van der Waals surface area contributed by atoms with Crippen LogP contribution < -0.4 is 5.73 Å². The van der Waals surface area contributed by atoms with E-state index in [1.807, 2.05) is 25.2 Å². The standard InChI is InChI=1S/C15H15N5/c1-10-6-3-4-7-11(10)12-13(19-20(2)14(12)16)15-17-8-5-9-18-15/h3-9H,16H2,1-2H3. The number of benzene rings is 1. The summed E-state index contributed by atoms with van der Waals surface area (Å²) in [6.07, 6.45) is 3.41. The molecule has 0 aliphatic rings. The molecule has 0 atom stereocenters. The summed E-state index contributed by atoms with van der Waals surface area (Å²) in [6.45, 7) is 2.05. The summed E-state index contributed by atoms with van der Waals surface area (Å²) in [7, 11) is 1.82. The van der Waals surface area contributed by atoms with Gasteiger partial charge in [0.05, 0.1) is 5.56 Å². The van der Waals surface area contributed by atoms with E-state index in [0.29, 0.717) is 17.3 Å². The second-order valence-corrected chi connectivity index (χ2v) is 4.62. The molecule has 20 heavy (non-hydrogen) atoms. The zero-order chi connectivity index (χ0) is 14.1. The van der Waals surface area contributed by atoms with Crippen LogP contribution in [0.25, 0.3) is 22.6 Å². The van der Waals surface area contributed by atoms with E-state index < -0.39 is 0 Å². The highest BCUT2D eigenvalue weighted by molar-refractivity contribution is 5.87. The van der Waals surface area contributed by atoms with E-state index in [1.54, 1.807) is 23.1 Å². The van der Waals surface area contributed by atoms with Crippen LogP contribution in [0.3, 0.4) is 0 Å². The predicted molar refractivity (Wildman–Crippen MR) is 78.8 cm³/mol. The number of hydrogen-bond donors (Lipinski definition) is 1. The number of anilines is 1. The SMILES string of the molecule is Cc1ccccc1-c1c(-c2ncccn2)nn(C)c1N. The minimum atomic E-state index is 0.582. The van der Waals surface area contributed by atoms with Crippen molar-refractivity contribution in [3.8, 4) is 22.6 Å². The Hall–Kier alpha value is -2.69. The van der Waals surface area contributed by atoms with Crippen LogP contribution >= 0.6 is 0 Å². The van der Waals surface area contributed by atoms with Crippen LogP contribution in [0.5, 0.6) is 0 Å². The van der Waals surface area contributed by atoms with Crippen molar-refractivity contribution < 1.29 is 0 Å². The van der Waals surface area contributed by atoms with Gasteiger partial charge in [0.25, 0.3) is 0 Å². The van der Waals surface area contributed by atoms with Crippen LogP contribution in [0.15, 0.2) is 42.7 Å². The Morgan fingerprint density at radius 3 is 2.45 bits per heavy atom. The quantitative estimate of drug-likeness (QED) is 0.772. The van der Waals surface area contributed by atoms with Crippen LogP contribution in [0.2, 0.25) is 0 Å². The van der Waals surface area contributed by atoms with E-state index in [9.17, 15) is 0 Å². The lowest BCUT2D eigenvalue weighted by Gasteiger charge is -2.06. The molecule has 0 spiro atoms. The summed E-state index contributed by atoms with van der Waals surface area (Å²) in [4.78, 5) is 8.55. The van der Waals surface area contributed by atoms with Crippen molar-refractivity contribution in [2.75, 3.05) is 5.73 Å². The van der Waals surface area contributed by atoms with Crippen molar-refractivity contribution in [2.24, 2.45) is 7.05 Å². The fraction of sp³-hybridized carbons (Fsp3) is 0.133. The van der Waals surface area contributed by atoms with Crippen LogP contribution in [-0.4, -0.2) is 19.7 Å². The van der Waals surface area contributed by atoms with Crippen molar-refractivity contribution in [3.63, 3.8) is 0 Å². The van der Waals surface area contributed by atoms with Crippen molar-refractivity contribution in [2.45, 2.75) is 6.92 Å². The first kappa shape index (κ1) is 12.3. The molecular weight excluding hydrogens is 250 g/mol. The Kier molecular flexibility index (Phi) is 2.95. The van der Waals surface area contributed by atoms with Gasteiger partial charge in [-0.25, -0.2) is 9.97 Å². The number of nitrogens with two attached hydrogens (primary N) is 1. The van der Waals surface area contributed by atoms with E-state index in [4.69, 9.17) is 5.73 Å². The van der Waals surface area contributed by atoms with Gasteiger partial charge in [-0.2, -0.15) is 5.10 Å². The molecule has 2 heterocycles. The Labute approximate surface area is 117 Å². The van der Waals surface area contributed by atoms with Crippen molar-refractivity contribution in [1.29, 1.82) is 0 Å². The molecule has 0 unspecified atom stereocenters. The Morgan fingerprint density at radius 2 is 1.75 bits per heavy atom. The van der Waals surface area contributed by atoms with Gasteiger partial charge < -0.3 is 5.73 Å². The molecule has 5 nitrogen and oxygen atoms in total. The topological polar surface area (TPSA) is 69.6 Å². The minimum Gasteiger partial charge on any atom is -0.383 e. The minimum absolute atomic E-state index is 0.582. The molecule has 0 bridgehead atoms. The first-order chi connectivity index (χ1) is 9.68. The normalized spacial score (nSPS) is 10.7. The third kappa shape index (κ3) is 1.93. The van der Waals surface area contributed by atoms with Crippen LogP contribution in [0, 0.1) is 6.92 Å². The molecule has 0 radical (unpaired) electrons. The number of nitrogens with zero attached hydrogens (tertiary/aromatic N) is 4. The molecule has 0 saturated heterocycles. The second kappa shape index (κ2) is 4.77. The molecule has 1 aromatic carbocycles. The highest BCUT2D eigenvalue weighted by Gasteiger charge is 2.19. The molecule has 0 fully saturated rings. The summed E-state index contributed by atoms with van der Waals surface area (Å²) in [5, 5.41) is 4.46. The molecule has 5 heteroatoms. The van der Waals surface area contributed by atoms with E-state index in [1.165, 1.54) is 0 Å². The average molecular weight is 265 g/mol. The van der Waals surface area contributed by atoms with Crippen molar-refractivity contribution in [1.82, 2.24) is 19.7 Å². The predicted octanol–water partition coefficient (Wildman–Crippen LogP) is 2.43. The third-order valence-electron chi connectivity index (χ3n) is 3.28. The van der Waals surface area contributed by atoms with Gasteiger partial charge in [-0.15, -0.1) is 0 Å². The van der Waals surface area contributed by atoms with Crippen LogP contribution in [0.4, 0.5) is 5.82 Å². The molecule has 0 aliphatic carbocycles. The van der Waals surface area contributed by atoms with E-state index in [2.05, 4.69) is 28.1 Å². The first-order valence-corrected chi connectivity index (χ1v) is 6.34. The lowest BCUT2D eigenvalue weighted by molar-refractivity contribution is 0.780. The van der Waals surface area contributed by atoms with Gasteiger partial charge >= 0.3 is 0 Å². The van der Waals surface area contributed by atoms with Gasteiger partial charge in [-0.1, -0.05) is 24.3 Å². The molecular formula is C15H15N5. The van der Waals surface area contributed by atoms with Gasteiger partial charge in [0.15, 0.2) is 5.82 Å². The molecule has 2 aromatic heterocycles. The highest BCUT2D eigenvalue weighted by atomic mass is 15.3. The van der Waals surface area contributed by atoms with Gasteiger partial charge in [-0.05, 0) is 24.1 Å².